The van der Waals surface area contributed by atoms with E-state index in [-0.39, 0.29) is 11.3 Å². The molecule has 0 aliphatic heterocycles. The summed E-state index contributed by atoms with van der Waals surface area (Å²) >= 11 is 0. The van der Waals surface area contributed by atoms with E-state index in [1.54, 1.807) is 18.2 Å². The van der Waals surface area contributed by atoms with Gasteiger partial charge in [-0.15, -0.1) is 0 Å². The fourth-order valence-corrected chi connectivity index (χ4v) is 1.61. The van der Waals surface area contributed by atoms with Crippen LogP contribution in [0.2, 0.25) is 0 Å². The molecule has 1 amide bonds. The SMILES string of the molecule is CCOc1cccc(NC(=O)c2ccncc2O)c1. The first kappa shape index (κ1) is 12.9. The predicted molar refractivity (Wildman–Crippen MR) is 71.5 cm³/mol. The summed E-state index contributed by atoms with van der Waals surface area (Å²) in [5.74, 6) is 0.133. The van der Waals surface area contributed by atoms with Gasteiger partial charge in [0.15, 0.2) is 0 Å². The van der Waals surface area contributed by atoms with Gasteiger partial charge in [0.1, 0.15) is 11.5 Å². The average molecular weight is 258 g/mol. The molecule has 1 aromatic carbocycles. The number of amides is 1. The smallest absolute Gasteiger partial charge is 0.259 e. The summed E-state index contributed by atoms with van der Waals surface area (Å²) in [5, 5.41) is 12.2. The number of nitrogens with one attached hydrogen (secondary N) is 1. The largest absolute Gasteiger partial charge is 0.505 e. The van der Waals surface area contributed by atoms with Crippen molar-refractivity contribution in [1.29, 1.82) is 0 Å². The number of ether oxygens (including phenoxy) is 1. The maximum Gasteiger partial charge on any atom is 0.259 e. The Balaban J connectivity index is 2.15. The number of aromatic hydroxyl groups is 1. The van der Waals surface area contributed by atoms with Gasteiger partial charge >= 0.3 is 0 Å². The normalized spacial score (nSPS) is 9.95. The summed E-state index contributed by atoms with van der Waals surface area (Å²) in [6.07, 6.45) is 2.68. The van der Waals surface area contributed by atoms with Gasteiger partial charge in [0, 0.05) is 18.0 Å². The fourth-order valence-electron chi connectivity index (χ4n) is 1.61. The number of hydrogen-bond acceptors (Lipinski definition) is 4. The van der Waals surface area contributed by atoms with E-state index in [0.717, 1.165) is 0 Å². The van der Waals surface area contributed by atoms with Crippen LogP contribution in [0.4, 0.5) is 5.69 Å². The monoisotopic (exact) mass is 258 g/mol. The fraction of sp³-hybridized carbons (Fsp3) is 0.143. The van der Waals surface area contributed by atoms with Crippen LogP contribution in [-0.4, -0.2) is 22.6 Å². The minimum absolute atomic E-state index is 0.152. The molecule has 5 nitrogen and oxygen atoms in total. The van der Waals surface area contributed by atoms with E-state index >= 15 is 0 Å². The Morgan fingerprint density at radius 3 is 3.00 bits per heavy atom. The number of carbonyl (C=O) groups is 1. The van der Waals surface area contributed by atoms with Crippen molar-refractivity contribution in [1.82, 2.24) is 4.98 Å². The Labute approximate surface area is 110 Å². The van der Waals surface area contributed by atoms with Crippen LogP contribution >= 0.6 is 0 Å². The lowest BCUT2D eigenvalue weighted by Gasteiger charge is -2.08. The molecule has 1 heterocycles. The van der Waals surface area contributed by atoms with Crippen LogP contribution in [0, 0.1) is 0 Å². The Morgan fingerprint density at radius 2 is 2.26 bits per heavy atom. The highest BCUT2D eigenvalue weighted by atomic mass is 16.5. The average Bonchev–Trinajstić information content (AvgIpc) is 2.40. The molecule has 2 N–H and O–H groups in total. The number of rotatable bonds is 4. The third kappa shape index (κ3) is 3.22. The number of hydrogen-bond donors (Lipinski definition) is 2. The van der Waals surface area contributed by atoms with Gasteiger partial charge in [-0.1, -0.05) is 6.07 Å². The molecule has 98 valence electrons. The van der Waals surface area contributed by atoms with Crippen LogP contribution in [0.25, 0.3) is 0 Å². The van der Waals surface area contributed by atoms with Crippen molar-refractivity contribution in [2.24, 2.45) is 0 Å². The number of pyridine rings is 1. The van der Waals surface area contributed by atoms with Crippen LogP contribution in [-0.2, 0) is 0 Å². The summed E-state index contributed by atoms with van der Waals surface area (Å²) in [7, 11) is 0. The topological polar surface area (TPSA) is 71.5 Å². The number of benzene rings is 1. The molecule has 0 spiro atoms. The van der Waals surface area contributed by atoms with E-state index in [4.69, 9.17) is 4.74 Å². The highest BCUT2D eigenvalue weighted by molar-refractivity contribution is 6.06. The quantitative estimate of drug-likeness (QED) is 0.883. The molecule has 0 aliphatic rings. The molecule has 2 rings (SSSR count). The van der Waals surface area contributed by atoms with Gasteiger partial charge < -0.3 is 15.2 Å². The van der Waals surface area contributed by atoms with E-state index in [0.29, 0.717) is 18.0 Å². The number of nitrogens with zero attached hydrogens (tertiary/aromatic N) is 1. The summed E-state index contributed by atoms with van der Waals surface area (Å²) < 4.78 is 5.35. The van der Waals surface area contributed by atoms with Gasteiger partial charge in [0.2, 0.25) is 0 Å². The van der Waals surface area contributed by atoms with Crippen LogP contribution in [0.3, 0.4) is 0 Å². The minimum Gasteiger partial charge on any atom is -0.505 e. The van der Waals surface area contributed by atoms with Gasteiger partial charge in [-0.2, -0.15) is 0 Å². The molecule has 0 fully saturated rings. The van der Waals surface area contributed by atoms with Gasteiger partial charge in [0.25, 0.3) is 5.91 Å². The van der Waals surface area contributed by atoms with Crippen molar-refractivity contribution in [2.75, 3.05) is 11.9 Å². The summed E-state index contributed by atoms with van der Waals surface area (Å²) in [4.78, 5) is 15.7. The zero-order valence-electron chi connectivity index (χ0n) is 10.5. The molecule has 0 aliphatic carbocycles. The van der Waals surface area contributed by atoms with Crippen molar-refractivity contribution < 1.29 is 14.6 Å². The maximum atomic E-state index is 12.0. The first-order valence-corrected chi connectivity index (χ1v) is 5.88. The molecular weight excluding hydrogens is 244 g/mol. The second-order valence-electron chi connectivity index (χ2n) is 3.81. The van der Waals surface area contributed by atoms with Crippen molar-refractivity contribution in [2.45, 2.75) is 6.92 Å². The maximum absolute atomic E-state index is 12.0. The second-order valence-corrected chi connectivity index (χ2v) is 3.81. The van der Waals surface area contributed by atoms with E-state index in [1.165, 1.54) is 18.5 Å². The minimum atomic E-state index is -0.395. The van der Waals surface area contributed by atoms with E-state index in [2.05, 4.69) is 10.3 Å². The van der Waals surface area contributed by atoms with Crippen LogP contribution in [0.5, 0.6) is 11.5 Å². The Hall–Kier alpha value is -2.56. The van der Waals surface area contributed by atoms with Gasteiger partial charge in [0.05, 0.1) is 18.4 Å². The Morgan fingerprint density at radius 1 is 1.42 bits per heavy atom. The first-order chi connectivity index (χ1) is 9.20. The van der Waals surface area contributed by atoms with E-state index in [9.17, 15) is 9.90 Å². The van der Waals surface area contributed by atoms with Gasteiger partial charge in [-0.25, -0.2) is 0 Å². The molecule has 0 bridgehead atoms. The molecule has 1 aromatic heterocycles. The Bertz CT molecular complexity index is 584. The zero-order chi connectivity index (χ0) is 13.7. The summed E-state index contributed by atoms with van der Waals surface area (Å²) in [6, 6.07) is 8.52. The standard InChI is InChI=1S/C14H14N2O3/c1-2-19-11-5-3-4-10(8-11)16-14(18)12-6-7-15-9-13(12)17/h3-9,17H,2H2,1H3,(H,16,18). The molecule has 0 radical (unpaired) electrons. The Kier molecular flexibility index (Phi) is 3.97. The molecular formula is C14H14N2O3. The van der Waals surface area contributed by atoms with Crippen molar-refractivity contribution in [3.05, 3.63) is 48.3 Å². The van der Waals surface area contributed by atoms with E-state index < -0.39 is 5.91 Å². The molecule has 19 heavy (non-hydrogen) atoms. The molecule has 0 atom stereocenters. The number of anilines is 1. The molecule has 0 saturated heterocycles. The molecule has 0 unspecified atom stereocenters. The number of carbonyl (C=O) groups excluding carboxylic acids is 1. The highest BCUT2D eigenvalue weighted by Crippen LogP contribution is 2.20. The summed E-state index contributed by atoms with van der Waals surface area (Å²) in [5.41, 5.74) is 0.781. The number of aromatic nitrogens is 1. The van der Waals surface area contributed by atoms with Crippen LogP contribution < -0.4 is 10.1 Å². The van der Waals surface area contributed by atoms with Crippen molar-refractivity contribution in [3.8, 4) is 11.5 Å². The first-order valence-electron chi connectivity index (χ1n) is 5.88. The highest BCUT2D eigenvalue weighted by Gasteiger charge is 2.11. The van der Waals surface area contributed by atoms with Crippen molar-refractivity contribution in [3.63, 3.8) is 0 Å². The third-order valence-corrected chi connectivity index (χ3v) is 2.45. The van der Waals surface area contributed by atoms with Gasteiger partial charge in [-0.3, -0.25) is 9.78 Å². The third-order valence-electron chi connectivity index (χ3n) is 2.45. The second kappa shape index (κ2) is 5.86. The lowest BCUT2D eigenvalue weighted by atomic mass is 10.2. The molecule has 2 aromatic rings. The lowest BCUT2D eigenvalue weighted by molar-refractivity contribution is 0.102. The van der Waals surface area contributed by atoms with Crippen molar-refractivity contribution >= 4 is 11.6 Å². The van der Waals surface area contributed by atoms with E-state index in [1.807, 2.05) is 13.0 Å². The molecule has 0 saturated carbocycles. The lowest BCUT2D eigenvalue weighted by Crippen LogP contribution is -2.12. The molecule has 5 heteroatoms. The van der Waals surface area contributed by atoms with Gasteiger partial charge in [-0.05, 0) is 25.1 Å². The zero-order valence-corrected chi connectivity index (χ0v) is 10.5. The van der Waals surface area contributed by atoms with Crippen LogP contribution in [0.15, 0.2) is 42.7 Å². The predicted octanol–water partition coefficient (Wildman–Crippen LogP) is 2.44. The summed E-state index contributed by atoms with van der Waals surface area (Å²) in [6.45, 7) is 2.45. The van der Waals surface area contributed by atoms with Crippen LogP contribution in [0.1, 0.15) is 17.3 Å².